The maximum atomic E-state index is 13.1. The second kappa shape index (κ2) is 8.21. The van der Waals surface area contributed by atoms with E-state index >= 15 is 0 Å². The van der Waals surface area contributed by atoms with Gasteiger partial charge in [0.15, 0.2) is 9.84 Å². The van der Waals surface area contributed by atoms with E-state index in [9.17, 15) is 13.2 Å². The second-order valence-corrected chi connectivity index (χ2v) is 9.51. The normalized spacial score (nSPS) is 17.9. The quantitative estimate of drug-likeness (QED) is 0.624. The molecule has 1 saturated heterocycles. The third kappa shape index (κ3) is 4.74. The number of aromatic nitrogens is 1. The van der Waals surface area contributed by atoms with Crippen LogP contribution in [0, 0.1) is 0 Å². The van der Waals surface area contributed by atoms with Gasteiger partial charge in [0.25, 0.3) is 0 Å². The van der Waals surface area contributed by atoms with Gasteiger partial charge in [-0.05, 0) is 12.0 Å². The van der Waals surface area contributed by atoms with Gasteiger partial charge < -0.3 is 9.42 Å². The molecule has 0 bridgehead atoms. The zero-order valence-electron chi connectivity index (χ0n) is 15.9. The van der Waals surface area contributed by atoms with E-state index in [-0.39, 0.29) is 29.9 Å². The van der Waals surface area contributed by atoms with E-state index in [1.54, 1.807) is 11.0 Å². The largest absolute Gasteiger partial charge is 0.360 e. The van der Waals surface area contributed by atoms with E-state index in [0.29, 0.717) is 24.4 Å². The molecule has 3 aromatic rings. The molecule has 29 heavy (non-hydrogen) atoms. The van der Waals surface area contributed by atoms with Gasteiger partial charge >= 0.3 is 0 Å². The van der Waals surface area contributed by atoms with E-state index in [0.717, 1.165) is 11.1 Å². The van der Waals surface area contributed by atoms with Crippen molar-refractivity contribution in [3.05, 3.63) is 78.1 Å². The highest BCUT2D eigenvalue weighted by Crippen LogP contribution is 2.23. The van der Waals surface area contributed by atoms with E-state index < -0.39 is 9.84 Å². The molecule has 1 unspecified atom stereocenters. The van der Waals surface area contributed by atoms with Gasteiger partial charge in [0, 0.05) is 24.2 Å². The Labute approximate surface area is 170 Å². The van der Waals surface area contributed by atoms with Crippen LogP contribution < -0.4 is 0 Å². The topological polar surface area (TPSA) is 80.5 Å². The van der Waals surface area contributed by atoms with Crippen molar-refractivity contribution < 1.29 is 17.7 Å². The van der Waals surface area contributed by atoms with Crippen LogP contribution in [0.2, 0.25) is 0 Å². The summed E-state index contributed by atoms with van der Waals surface area (Å²) in [6.45, 7) is 0.375. The molecular weight excluding hydrogens is 388 g/mol. The second-order valence-electron chi connectivity index (χ2n) is 7.29. The van der Waals surface area contributed by atoms with Crippen LogP contribution in [0.1, 0.15) is 17.7 Å². The van der Waals surface area contributed by atoms with E-state index in [1.165, 1.54) is 0 Å². The van der Waals surface area contributed by atoms with Crippen molar-refractivity contribution in [2.75, 3.05) is 11.5 Å². The van der Waals surface area contributed by atoms with E-state index in [2.05, 4.69) is 5.16 Å². The molecule has 1 aliphatic rings. The minimum atomic E-state index is -3.10. The van der Waals surface area contributed by atoms with Crippen molar-refractivity contribution in [2.24, 2.45) is 0 Å². The Bertz CT molecular complexity index is 1080. The van der Waals surface area contributed by atoms with Gasteiger partial charge in [-0.2, -0.15) is 0 Å². The maximum absolute atomic E-state index is 13.1. The van der Waals surface area contributed by atoms with Crippen LogP contribution in [-0.2, 0) is 27.6 Å². The number of carbonyl (C=O) groups is 1. The predicted molar refractivity (Wildman–Crippen MR) is 110 cm³/mol. The SMILES string of the molecule is O=C(Cc1cc(-c2ccccc2)no1)N(Cc1ccccc1)C1CCS(=O)(=O)C1. The molecule has 2 aromatic carbocycles. The third-order valence-corrected chi connectivity index (χ3v) is 6.87. The number of hydrogen-bond acceptors (Lipinski definition) is 5. The molecule has 1 aromatic heterocycles. The van der Waals surface area contributed by atoms with Crippen LogP contribution in [0.4, 0.5) is 0 Å². The predicted octanol–water partition coefficient (Wildman–Crippen LogP) is 3.10. The summed E-state index contributed by atoms with van der Waals surface area (Å²) in [7, 11) is -3.10. The summed E-state index contributed by atoms with van der Waals surface area (Å²) in [4.78, 5) is 14.8. The molecule has 150 valence electrons. The summed E-state index contributed by atoms with van der Waals surface area (Å²) in [6, 6.07) is 20.6. The Morgan fingerprint density at radius 1 is 1.07 bits per heavy atom. The lowest BCUT2D eigenvalue weighted by molar-refractivity contribution is -0.133. The smallest absolute Gasteiger partial charge is 0.230 e. The Hall–Kier alpha value is -2.93. The van der Waals surface area contributed by atoms with Crippen LogP contribution >= 0.6 is 0 Å². The number of hydrogen-bond donors (Lipinski definition) is 0. The summed E-state index contributed by atoms with van der Waals surface area (Å²) in [5.41, 5.74) is 2.55. The first kappa shape index (κ1) is 19.4. The van der Waals surface area contributed by atoms with Gasteiger partial charge in [-0.15, -0.1) is 0 Å². The Kier molecular flexibility index (Phi) is 5.49. The third-order valence-electron chi connectivity index (χ3n) is 5.12. The maximum Gasteiger partial charge on any atom is 0.230 e. The number of nitrogens with zero attached hydrogens (tertiary/aromatic N) is 2. The van der Waals surface area contributed by atoms with Gasteiger partial charge in [0.1, 0.15) is 11.5 Å². The van der Waals surface area contributed by atoms with Crippen LogP contribution in [0.5, 0.6) is 0 Å². The zero-order valence-corrected chi connectivity index (χ0v) is 16.7. The lowest BCUT2D eigenvalue weighted by Gasteiger charge is -2.28. The van der Waals surface area contributed by atoms with Gasteiger partial charge in [-0.1, -0.05) is 65.8 Å². The van der Waals surface area contributed by atoms with Crippen molar-refractivity contribution in [2.45, 2.75) is 25.4 Å². The summed E-state index contributed by atoms with van der Waals surface area (Å²) in [5.74, 6) is 0.438. The van der Waals surface area contributed by atoms with Crippen LogP contribution in [-0.4, -0.2) is 41.9 Å². The van der Waals surface area contributed by atoms with Crippen LogP contribution in [0.25, 0.3) is 11.3 Å². The van der Waals surface area contributed by atoms with E-state index in [4.69, 9.17) is 4.52 Å². The number of carbonyl (C=O) groups excluding carboxylic acids is 1. The zero-order chi connectivity index (χ0) is 20.3. The van der Waals surface area contributed by atoms with Crippen molar-refractivity contribution in [1.82, 2.24) is 10.1 Å². The minimum absolute atomic E-state index is 0.0112. The van der Waals surface area contributed by atoms with Gasteiger partial charge in [0.05, 0.1) is 17.9 Å². The fourth-order valence-corrected chi connectivity index (χ4v) is 5.34. The summed E-state index contributed by atoms with van der Waals surface area (Å²) < 4.78 is 29.3. The molecule has 7 heteroatoms. The molecule has 0 N–H and O–H groups in total. The van der Waals surface area contributed by atoms with E-state index in [1.807, 2.05) is 60.7 Å². The van der Waals surface area contributed by atoms with Gasteiger partial charge in [0.2, 0.25) is 5.91 Å². The molecule has 0 spiro atoms. The molecule has 1 aliphatic heterocycles. The number of benzene rings is 2. The standard InChI is InChI=1S/C22H22N2O4S/c25-22(14-20-13-21(23-28-20)18-9-5-2-6-10-18)24(15-17-7-3-1-4-8-17)19-11-12-29(26,27)16-19/h1-10,13,19H,11-12,14-16H2. The first-order valence-corrected chi connectivity index (χ1v) is 11.4. The molecule has 2 heterocycles. The molecule has 0 radical (unpaired) electrons. The van der Waals surface area contributed by atoms with Gasteiger partial charge in [-0.3, -0.25) is 4.79 Å². The molecule has 1 atom stereocenters. The Balaban J connectivity index is 1.53. The minimum Gasteiger partial charge on any atom is -0.360 e. The summed E-state index contributed by atoms with van der Waals surface area (Å²) in [5, 5.41) is 4.06. The van der Waals surface area contributed by atoms with Crippen LogP contribution in [0.3, 0.4) is 0 Å². The highest BCUT2D eigenvalue weighted by Gasteiger charge is 2.35. The van der Waals surface area contributed by atoms with Crippen molar-refractivity contribution in [3.63, 3.8) is 0 Å². The first-order chi connectivity index (χ1) is 14.0. The van der Waals surface area contributed by atoms with Crippen molar-refractivity contribution >= 4 is 15.7 Å². The molecule has 6 nitrogen and oxygen atoms in total. The molecule has 0 saturated carbocycles. The number of rotatable bonds is 6. The summed E-state index contributed by atoms with van der Waals surface area (Å²) in [6.07, 6.45) is 0.510. The van der Waals surface area contributed by atoms with Crippen molar-refractivity contribution in [1.29, 1.82) is 0 Å². The average Bonchev–Trinajstić information content (AvgIpc) is 3.33. The lowest BCUT2D eigenvalue weighted by Crippen LogP contribution is -2.41. The monoisotopic (exact) mass is 410 g/mol. The average molecular weight is 410 g/mol. The Morgan fingerprint density at radius 3 is 2.41 bits per heavy atom. The molecular formula is C22H22N2O4S. The summed E-state index contributed by atoms with van der Waals surface area (Å²) >= 11 is 0. The fourth-order valence-electron chi connectivity index (χ4n) is 3.61. The van der Waals surface area contributed by atoms with Gasteiger partial charge in [-0.25, -0.2) is 8.42 Å². The molecule has 1 amide bonds. The van der Waals surface area contributed by atoms with Crippen molar-refractivity contribution in [3.8, 4) is 11.3 Å². The molecule has 0 aliphatic carbocycles. The highest BCUT2D eigenvalue weighted by molar-refractivity contribution is 7.91. The lowest BCUT2D eigenvalue weighted by atomic mass is 10.1. The fraction of sp³-hybridized carbons (Fsp3) is 0.273. The van der Waals surface area contributed by atoms with Crippen LogP contribution in [0.15, 0.2) is 71.3 Å². The number of amides is 1. The highest BCUT2D eigenvalue weighted by atomic mass is 32.2. The number of sulfone groups is 1. The first-order valence-electron chi connectivity index (χ1n) is 9.55. The molecule has 4 rings (SSSR count). The molecule has 1 fully saturated rings. The Morgan fingerprint density at radius 2 is 1.76 bits per heavy atom.